The molecule has 0 bridgehead atoms. The van der Waals surface area contributed by atoms with Crippen LogP contribution >= 0.6 is 0 Å². The second-order valence-electron chi connectivity index (χ2n) is 5.31. The average Bonchev–Trinajstić information content (AvgIpc) is 2.65. The van der Waals surface area contributed by atoms with Crippen molar-refractivity contribution >= 4 is 34.9 Å². The zero-order valence-electron chi connectivity index (χ0n) is 13.0. The Hall–Kier alpha value is -3.40. The summed E-state index contributed by atoms with van der Waals surface area (Å²) in [5, 5.41) is 6.00. The third-order valence-corrected chi connectivity index (χ3v) is 3.74. The molecule has 3 rings (SSSR count). The lowest BCUT2D eigenvalue weighted by Gasteiger charge is -2.15. The Labute approximate surface area is 139 Å². The van der Waals surface area contributed by atoms with E-state index in [9.17, 15) is 9.59 Å². The standard InChI is InChI=1S/C20H16N2O2/c1-3-13-5-9-15(10-6-13)21-17-18(20(24)19(17)23)22-16-11-7-14(4-2)8-12-16/h3-12,21-22H,1-2H2. The van der Waals surface area contributed by atoms with Crippen molar-refractivity contribution in [2.75, 3.05) is 10.6 Å². The number of rotatable bonds is 6. The molecule has 0 unspecified atom stereocenters. The molecule has 3 aromatic rings. The van der Waals surface area contributed by atoms with E-state index in [1.54, 1.807) is 12.2 Å². The van der Waals surface area contributed by atoms with Crippen LogP contribution in [0.15, 0.2) is 71.3 Å². The molecule has 0 spiro atoms. The number of hydrogen-bond acceptors (Lipinski definition) is 4. The van der Waals surface area contributed by atoms with Gasteiger partial charge in [-0.3, -0.25) is 9.59 Å². The van der Waals surface area contributed by atoms with E-state index in [-0.39, 0.29) is 11.4 Å². The van der Waals surface area contributed by atoms with Crippen LogP contribution in [0.5, 0.6) is 0 Å². The summed E-state index contributed by atoms with van der Waals surface area (Å²) in [5.74, 6) is 0. The highest BCUT2D eigenvalue weighted by Crippen LogP contribution is 2.24. The van der Waals surface area contributed by atoms with Gasteiger partial charge in [-0.1, -0.05) is 49.6 Å². The maximum absolute atomic E-state index is 11.9. The molecule has 0 fully saturated rings. The number of benzene rings is 2. The molecule has 118 valence electrons. The van der Waals surface area contributed by atoms with Crippen molar-refractivity contribution in [2.24, 2.45) is 0 Å². The Morgan fingerprint density at radius 2 is 0.958 bits per heavy atom. The highest BCUT2D eigenvalue weighted by molar-refractivity contribution is 5.82. The molecule has 0 saturated heterocycles. The molecular formula is C20H16N2O2. The van der Waals surface area contributed by atoms with Gasteiger partial charge in [0.2, 0.25) is 0 Å². The first-order valence-electron chi connectivity index (χ1n) is 7.44. The quantitative estimate of drug-likeness (QED) is 0.673. The van der Waals surface area contributed by atoms with Gasteiger partial charge in [0.15, 0.2) is 0 Å². The molecule has 0 aliphatic carbocycles. The molecule has 0 aliphatic heterocycles. The van der Waals surface area contributed by atoms with Crippen molar-refractivity contribution in [3.8, 4) is 0 Å². The summed E-state index contributed by atoms with van der Waals surface area (Å²) in [6.45, 7) is 7.39. The Balaban J connectivity index is 1.83. The third kappa shape index (κ3) is 2.90. The molecule has 0 saturated carbocycles. The lowest BCUT2D eigenvalue weighted by atomic mass is 10.1. The van der Waals surface area contributed by atoms with Crippen LogP contribution in [0.1, 0.15) is 11.1 Å². The SMILES string of the molecule is C=Cc1ccc(Nc2c(Nc3ccc(C=C)cc3)c(=O)c2=O)cc1. The molecule has 24 heavy (non-hydrogen) atoms. The van der Waals surface area contributed by atoms with Gasteiger partial charge in [0.1, 0.15) is 11.4 Å². The van der Waals surface area contributed by atoms with E-state index in [0.29, 0.717) is 0 Å². The zero-order chi connectivity index (χ0) is 17.1. The topological polar surface area (TPSA) is 58.2 Å². The average molecular weight is 316 g/mol. The van der Waals surface area contributed by atoms with E-state index < -0.39 is 10.9 Å². The first kappa shape index (κ1) is 15.5. The Bertz CT molecular complexity index is 879. The van der Waals surface area contributed by atoms with Crippen LogP contribution in [0.25, 0.3) is 12.2 Å². The van der Waals surface area contributed by atoms with Crippen molar-refractivity contribution in [3.05, 3.63) is 93.3 Å². The van der Waals surface area contributed by atoms with E-state index in [0.717, 1.165) is 22.5 Å². The fraction of sp³-hybridized carbons (Fsp3) is 0. The molecule has 0 atom stereocenters. The van der Waals surface area contributed by atoms with Gasteiger partial charge < -0.3 is 10.6 Å². The van der Waals surface area contributed by atoms with Gasteiger partial charge in [0.25, 0.3) is 10.9 Å². The predicted molar refractivity (Wildman–Crippen MR) is 101 cm³/mol. The van der Waals surface area contributed by atoms with Crippen LogP contribution in [-0.4, -0.2) is 0 Å². The van der Waals surface area contributed by atoms with Crippen LogP contribution < -0.4 is 21.5 Å². The predicted octanol–water partition coefficient (Wildman–Crippen LogP) is 4.06. The fourth-order valence-electron chi connectivity index (χ4n) is 2.32. The fourth-order valence-corrected chi connectivity index (χ4v) is 2.32. The minimum Gasteiger partial charge on any atom is -0.350 e. The Morgan fingerprint density at radius 1 is 0.625 bits per heavy atom. The maximum atomic E-state index is 11.9. The van der Waals surface area contributed by atoms with E-state index >= 15 is 0 Å². The first-order chi connectivity index (χ1) is 11.6. The molecule has 4 nitrogen and oxygen atoms in total. The van der Waals surface area contributed by atoms with Gasteiger partial charge in [-0.15, -0.1) is 0 Å². The van der Waals surface area contributed by atoms with E-state index in [4.69, 9.17) is 0 Å². The molecule has 0 amide bonds. The van der Waals surface area contributed by atoms with Crippen LogP contribution in [0.4, 0.5) is 22.7 Å². The summed E-state index contributed by atoms with van der Waals surface area (Å²) in [5.41, 5.74) is 2.94. The summed E-state index contributed by atoms with van der Waals surface area (Å²) in [6.07, 6.45) is 3.47. The number of anilines is 4. The van der Waals surface area contributed by atoms with E-state index in [2.05, 4.69) is 23.8 Å². The first-order valence-corrected chi connectivity index (χ1v) is 7.44. The molecule has 0 heterocycles. The van der Waals surface area contributed by atoms with Crippen LogP contribution in [0.3, 0.4) is 0 Å². The van der Waals surface area contributed by atoms with E-state index in [1.807, 2.05) is 48.5 Å². The van der Waals surface area contributed by atoms with Crippen molar-refractivity contribution in [1.82, 2.24) is 0 Å². The van der Waals surface area contributed by atoms with Crippen molar-refractivity contribution in [1.29, 1.82) is 0 Å². The number of nitrogens with one attached hydrogen (secondary N) is 2. The summed E-state index contributed by atoms with van der Waals surface area (Å²) < 4.78 is 0. The van der Waals surface area contributed by atoms with Crippen LogP contribution in [0.2, 0.25) is 0 Å². The molecular weight excluding hydrogens is 300 g/mol. The second-order valence-corrected chi connectivity index (χ2v) is 5.31. The lowest BCUT2D eigenvalue weighted by molar-refractivity contribution is 1.36. The summed E-state index contributed by atoms with van der Waals surface area (Å²) >= 11 is 0. The monoisotopic (exact) mass is 316 g/mol. The molecule has 4 heteroatoms. The third-order valence-electron chi connectivity index (χ3n) is 3.74. The van der Waals surface area contributed by atoms with Crippen LogP contribution in [0, 0.1) is 0 Å². The Kier molecular flexibility index (Phi) is 4.12. The van der Waals surface area contributed by atoms with Crippen LogP contribution in [-0.2, 0) is 0 Å². The second kappa shape index (κ2) is 6.38. The largest absolute Gasteiger partial charge is 0.350 e. The Morgan fingerprint density at radius 3 is 1.25 bits per heavy atom. The molecule has 0 radical (unpaired) electrons. The summed E-state index contributed by atoms with van der Waals surface area (Å²) in [6, 6.07) is 14.8. The number of hydrogen-bond donors (Lipinski definition) is 2. The molecule has 0 aromatic heterocycles. The summed E-state index contributed by atoms with van der Waals surface area (Å²) in [7, 11) is 0. The van der Waals surface area contributed by atoms with Crippen molar-refractivity contribution in [3.63, 3.8) is 0 Å². The van der Waals surface area contributed by atoms with Gasteiger partial charge in [-0.2, -0.15) is 0 Å². The molecule has 0 aliphatic rings. The highest BCUT2D eigenvalue weighted by atomic mass is 16.2. The normalized spacial score (nSPS) is 10.3. The van der Waals surface area contributed by atoms with Gasteiger partial charge in [0, 0.05) is 11.4 Å². The lowest BCUT2D eigenvalue weighted by Crippen LogP contribution is -2.35. The molecule has 2 N–H and O–H groups in total. The van der Waals surface area contributed by atoms with Crippen molar-refractivity contribution in [2.45, 2.75) is 0 Å². The minimum absolute atomic E-state index is 0.277. The zero-order valence-corrected chi connectivity index (χ0v) is 13.0. The maximum Gasteiger partial charge on any atom is 0.253 e. The highest BCUT2D eigenvalue weighted by Gasteiger charge is 2.21. The molecule has 3 aromatic carbocycles. The summed E-state index contributed by atoms with van der Waals surface area (Å²) in [4.78, 5) is 23.7. The van der Waals surface area contributed by atoms with Gasteiger partial charge in [-0.25, -0.2) is 0 Å². The van der Waals surface area contributed by atoms with Gasteiger partial charge in [-0.05, 0) is 35.4 Å². The van der Waals surface area contributed by atoms with Gasteiger partial charge in [0.05, 0.1) is 0 Å². The van der Waals surface area contributed by atoms with E-state index in [1.165, 1.54) is 0 Å². The van der Waals surface area contributed by atoms with Crippen molar-refractivity contribution < 1.29 is 0 Å². The minimum atomic E-state index is -0.520. The van der Waals surface area contributed by atoms with Gasteiger partial charge >= 0.3 is 0 Å². The smallest absolute Gasteiger partial charge is 0.253 e.